The van der Waals surface area contributed by atoms with E-state index in [4.69, 9.17) is 0 Å². The Hall–Kier alpha value is -1.33. The van der Waals surface area contributed by atoms with Gasteiger partial charge in [0, 0.05) is 19.7 Å². The van der Waals surface area contributed by atoms with Crippen LogP contribution in [0.5, 0.6) is 0 Å². The van der Waals surface area contributed by atoms with Crippen LogP contribution >= 0.6 is 12.4 Å². The van der Waals surface area contributed by atoms with Gasteiger partial charge in [-0.05, 0) is 56.3 Å². The fourth-order valence-electron chi connectivity index (χ4n) is 2.89. The third-order valence-corrected chi connectivity index (χ3v) is 4.39. The Morgan fingerprint density at radius 1 is 1.55 bits per heavy atom. The zero-order valence-electron chi connectivity index (χ0n) is 13.5. The number of halogens is 1. The maximum absolute atomic E-state index is 12.2. The number of amides is 1. The number of rotatable bonds is 4. The van der Waals surface area contributed by atoms with Gasteiger partial charge in [0.05, 0.1) is 0 Å². The van der Waals surface area contributed by atoms with Crippen LogP contribution in [0.1, 0.15) is 31.7 Å². The Morgan fingerprint density at radius 2 is 2.27 bits per heavy atom. The van der Waals surface area contributed by atoms with Gasteiger partial charge in [0.1, 0.15) is 5.69 Å². The van der Waals surface area contributed by atoms with E-state index >= 15 is 0 Å². The molecule has 5 nitrogen and oxygen atoms in total. The minimum atomic E-state index is -0.157. The lowest BCUT2D eigenvalue weighted by atomic mass is 9.85. The van der Waals surface area contributed by atoms with Crippen LogP contribution in [-0.2, 0) is 11.8 Å². The molecule has 1 aromatic rings. The number of aryl methyl sites for hydroxylation is 2. The van der Waals surface area contributed by atoms with Crippen LogP contribution < -0.4 is 16.2 Å². The molecule has 1 aliphatic rings. The molecule has 1 fully saturated rings. The summed E-state index contributed by atoms with van der Waals surface area (Å²) in [5.74, 6) is 0.800. The Morgan fingerprint density at radius 3 is 2.91 bits per heavy atom. The molecule has 2 atom stereocenters. The summed E-state index contributed by atoms with van der Waals surface area (Å²) < 4.78 is 1.48. The molecule has 1 aliphatic heterocycles. The van der Waals surface area contributed by atoms with Crippen LogP contribution in [0.3, 0.4) is 0 Å². The number of hydrogen-bond acceptors (Lipinski definition) is 3. The summed E-state index contributed by atoms with van der Waals surface area (Å²) in [5, 5.41) is 6.18. The first-order valence-electron chi connectivity index (χ1n) is 7.66. The van der Waals surface area contributed by atoms with Crippen molar-refractivity contribution >= 4 is 24.0 Å². The predicted octanol–water partition coefficient (Wildman–Crippen LogP) is 2.08. The quantitative estimate of drug-likeness (QED) is 0.890. The molecule has 2 N–H and O–H groups in total. The van der Waals surface area contributed by atoms with E-state index in [1.165, 1.54) is 17.4 Å². The van der Waals surface area contributed by atoms with Crippen LogP contribution in [0.2, 0.25) is 0 Å². The number of carbonyl (C=O) groups is 1. The number of nitrogens with zero attached hydrogens (tertiary/aromatic N) is 1. The number of carbonyl (C=O) groups excluding carboxylic acids is 1. The summed E-state index contributed by atoms with van der Waals surface area (Å²) in [6.07, 6.45) is 4.52. The van der Waals surface area contributed by atoms with Crippen LogP contribution in [0.15, 0.2) is 17.1 Å². The van der Waals surface area contributed by atoms with Crippen molar-refractivity contribution in [3.8, 4) is 0 Å². The molecule has 0 aliphatic carbocycles. The van der Waals surface area contributed by atoms with E-state index < -0.39 is 0 Å². The molecule has 2 rings (SSSR count). The lowest BCUT2D eigenvalue weighted by Crippen LogP contribution is -2.35. The second kappa shape index (κ2) is 8.34. The molecule has 2 unspecified atom stereocenters. The molecule has 0 aromatic carbocycles. The van der Waals surface area contributed by atoms with Gasteiger partial charge in [0.15, 0.2) is 0 Å². The Kier molecular flexibility index (Phi) is 7.10. The standard InChI is InChI=1S/C16H25N3O2.ClH/c1-11-6-8-19(3)16(21)15(11)18-14(20)9-12(2)13-5-4-7-17-10-13;/h6,8,12-13,17H,4-5,7,9-10H2,1-3H3,(H,18,20);1H. The highest BCUT2D eigenvalue weighted by Crippen LogP contribution is 2.23. The zero-order chi connectivity index (χ0) is 15.4. The van der Waals surface area contributed by atoms with Gasteiger partial charge in [-0.1, -0.05) is 6.92 Å². The van der Waals surface area contributed by atoms with E-state index in [-0.39, 0.29) is 23.9 Å². The molecule has 1 amide bonds. The first-order valence-corrected chi connectivity index (χ1v) is 7.66. The van der Waals surface area contributed by atoms with Crippen molar-refractivity contribution in [2.24, 2.45) is 18.9 Å². The molecule has 6 heteroatoms. The molecule has 1 saturated heterocycles. The summed E-state index contributed by atoms with van der Waals surface area (Å²) in [6, 6.07) is 1.84. The fraction of sp³-hybridized carbons (Fsp3) is 0.625. The predicted molar refractivity (Wildman–Crippen MR) is 91.7 cm³/mol. The fourth-order valence-corrected chi connectivity index (χ4v) is 2.89. The number of aromatic nitrogens is 1. The van der Waals surface area contributed by atoms with Gasteiger partial charge in [-0.3, -0.25) is 9.59 Å². The van der Waals surface area contributed by atoms with Gasteiger partial charge in [-0.15, -0.1) is 12.4 Å². The second-order valence-electron chi connectivity index (χ2n) is 6.13. The second-order valence-corrected chi connectivity index (χ2v) is 6.13. The van der Waals surface area contributed by atoms with E-state index in [9.17, 15) is 9.59 Å². The number of hydrogen-bond donors (Lipinski definition) is 2. The Labute approximate surface area is 137 Å². The smallest absolute Gasteiger partial charge is 0.274 e. The topological polar surface area (TPSA) is 63.1 Å². The molecule has 124 valence electrons. The summed E-state index contributed by atoms with van der Waals surface area (Å²) in [4.78, 5) is 24.3. The van der Waals surface area contributed by atoms with E-state index in [2.05, 4.69) is 17.6 Å². The highest BCUT2D eigenvalue weighted by molar-refractivity contribution is 5.91. The van der Waals surface area contributed by atoms with Crippen molar-refractivity contribution in [3.05, 3.63) is 28.2 Å². The lowest BCUT2D eigenvalue weighted by molar-refractivity contribution is -0.117. The third kappa shape index (κ3) is 4.58. The highest BCUT2D eigenvalue weighted by Gasteiger charge is 2.22. The van der Waals surface area contributed by atoms with Gasteiger partial charge in [0.25, 0.3) is 5.56 Å². The van der Waals surface area contributed by atoms with Crippen LogP contribution in [0.25, 0.3) is 0 Å². The number of piperidine rings is 1. The zero-order valence-corrected chi connectivity index (χ0v) is 14.3. The number of anilines is 1. The molecule has 2 heterocycles. The van der Waals surface area contributed by atoms with Crippen LogP contribution in [-0.4, -0.2) is 23.6 Å². The summed E-state index contributed by atoms with van der Waals surface area (Å²) >= 11 is 0. The summed E-state index contributed by atoms with van der Waals surface area (Å²) in [6.45, 7) is 6.02. The van der Waals surface area contributed by atoms with Gasteiger partial charge < -0.3 is 15.2 Å². The first kappa shape index (κ1) is 18.7. The Bertz CT molecular complexity index is 565. The average Bonchev–Trinajstić information content (AvgIpc) is 2.48. The molecular weight excluding hydrogens is 302 g/mol. The van der Waals surface area contributed by atoms with Crippen LogP contribution in [0, 0.1) is 18.8 Å². The van der Waals surface area contributed by atoms with Crippen molar-refractivity contribution in [2.45, 2.75) is 33.1 Å². The van der Waals surface area contributed by atoms with Crippen molar-refractivity contribution in [2.75, 3.05) is 18.4 Å². The van der Waals surface area contributed by atoms with Crippen molar-refractivity contribution in [1.82, 2.24) is 9.88 Å². The lowest BCUT2D eigenvalue weighted by Gasteiger charge is -2.28. The van der Waals surface area contributed by atoms with E-state index in [0.717, 1.165) is 18.7 Å². The molecular formula is C16H26ClN3O2. The van der Waals surface area contributed by atoms with Gasteiger partial charge in [-0.2, -0.15) is 0 Å². The van der Waals surface area contributed by atoms with Gasteiger partial charge in [0.2, 0.25) is 5.91 Å². The highest BCUT2D eigenvalue weighted by atomic mass is 35.5. The van der Waals surface area contributed by atoms with Crippen molar-refractivity contribution < 1.29 is 4.79 Å². The minimum Gasteiger partial charge on any atom is -0.321 e. The van der Waals surface area contributed by atoms with Gasteiger partial charge in [-0.25, -0.2) is 0 Å². The largest absolute Gasteiger partial charge is 0.321 e. The summed E-state index contributed by atoms with van der Waals surface area (Å²) in [5.41, 5.74) is 1.05. The van der Waals surface area contributed by atoms with Crippen molar-refractivity contribution in [1.29, 1.82) is 0 Å². The Balaban J connectivity index is 0.00000242. The van der Waals surface area contributed by atoms with Gasteiger partial charge >= 0.3 is 0 Å². The monoisotopic (exact) mass is 327 g/mol. The molecule has 22 heavy (non-hydrogen) atoms. The molecule has 0 radical (unpaired) electrons. The third-order valence-electron chi connectivity index (χ3n) is 4.39. The van der Waals surface area contributed by atoms with E-state index in [1.54, 1.807) is 13.2 Å². The maximum Gasteiger partial charge on any atom is 0.274 e. The number of nitrogens with one attached hydrogen (secondary N) is 2. The van der Waals surface area contributed by atoms with Crippen molar-refractivity contribution in [3.63, 3.8) is 0 Å². The first-order chi connectivity index (χ1) is 9.99. The molecule has 0 spiro atoms. The molecule has 1 aromatic heterocycles. The molecule has 0 saturated carbocycles. The average molecular weight is 328 g/mol. The summed E-state index contributed by atoms with van der Waals surface area (Å²) in [7, 11) is 1.69. The number of pyridine rings is 1. The normalized spacial score (nSPS) is 19.1. The maximum atomic E-state index is 12.2. The van der Waals surface area contributed by atoms with E-state index in [0.29, 0.717) is 23.9 Å². The van der Waals surface area contributed by atoms with E-state index in [1.807, 2.05) is 13.0 Å². The molecule has 0 bridgehead atoms. The van der Waals surface area contributed by atoms with Crippen LogP contribution in [0.4, 0.5) is 5.69 Å². The SMILES string of the molecule is Cc1ccn(C)c(=O)c1NC(=O)CC(C)C1CCCNC1.Cl. The minimum absolute atomic E-state index is 0.